The Morgan fingerprint density at radius 3 is 1.67 bits per heavy atom. The number of rotatable bonds is 25. The number of nitrogens with zero attached hydrogens (tertiary/aromatic N) is 1. The lowest BCUT2D eigenvalue weighted by Gasteiger charge is -2.24. The Morgan fingerprint density at radius 2 is 1.21 bits per heavy atom. The Kier molecular flexibility index (Phi) is 21.3. The van der Waals surface area contributed by atoms with Crippen LogP contribution in [-0.4, -0.2) is 76.7 Å². The summed E-state index contributed by atoms with van der Waals surface area (Å²) in [5.41, 5.74) is 0. The zero-order chi connectivity index (χ0) is 24.8. The predicted octanol–water partition coefficient (Wildman–Crippen LogP) is 6.34. The van der Waals surface area contributed by atoms with Gasteiger partial charge >= 0.3 is 7.82 Å². The molecule has 0 radical (unpaired) electrons. The molecule has 2 atom stereocenters. The molecule has 0 aliphatic rings. The van der Waals surface area contributed by atoms with Crippen molar-refractivity contribution in [2.45, 2.75) is 103 Å². The molecule has 200 valence electrons. The molecule has 0 heterocycles. The van der Waals surface area contributed by atoms with Crippen LogP contribution in [0, 0.1) is 0 Å². The molecule has 33 heavy (non-hydrogen) atoms. The maximum absolute atomic E-state index is 12.0. The van der Waals surface area contributed by atoms with Crippen molar-refractivity contribution in [3.8, 4) is 0 Å². The fourth-order valence-electron chi connectivity index (χ4n) is 3.52. The largest absolute Gasteiger partial charge is 0.472 e. The molecule has 0 aliphatic heterocycles. The molecule has 1 unspecified atom stereocenters. The van der Waals surface area contributed by atoms with Crippen molar-refractivity contribution in [2.75, 3.05) is 61.2 Å². The molecule has 1 N–H and O–H groups in total. The molecular weight excluding hydrogens is 441 g/mol. The van der Waals surface area contributed by atoms with Gasteiger partial charge in [0, 0.05) is 13.7 Å². The normalized spacial score (nSPS) is 15.0. The Morgan fingerprint density at radius 1 is 0.727 bits per heavy atom. The second-order valence-electron chi connectivity index (χ2n) is 10.2. The minimum Gasteiger partial charge on any atom is -0.382 e. The van der Waals surface area contributed by atoms with Gasteiger partial charge in [0.1, 0.15) is 19.3 Å². The minimum atomic E-state index is -4.08. The highest BCUT2D eigenvalue weighted by molar-refractivity contribution is 7.47. The first kappa shape index (κ1) is 33.0. The van der Waals surface area contributed by atoms with Crippen molar-refractivity contribution in [1.82, 2.24) is 0 Å². The van der Waals surface area contributed by atoms with E-state index in [1.165, 1.54) is 77.0 Å². The summed E-state index contributed by atoms with van der Waals surface area (Å²) in [6.07, 6.45) is 18.1. The van der Waals surface area contributed by atoms with Gasteiger partial charge in [0.2, 0.25) is 0 Å². The van der Waals surface area contributed by atoms with Crippen LogP contribution in [0.5, 0.6) is 0 Å². The maximum atomic E-state index is 12.0. The summed E-state index contributed by atoms with van der Waals surface area (Å²) >= 11 is 0. The van der Waals surface area contributed by atoms with Gasteiger partial charge in [0.15, 0.2) is 0 Å². The standard InChI is InChI=1S/C25H54NO6P/c1-6-7-8-9-10-11-12-13-14-15-16-17-18-19-21-30-25(23-29-5)24-32-33(27,28)31-22-20-26(2,3)4/h25H,6-24H2,1-5H3/p+1/t25-/m0/s1. The zero-order valence-corrected chi connectivity index (χ0v) is 23.3. The van der Waals surface area contributed by atoms with Crippen LogP contribution >= 0.6 is 7.82 Å². The molecule has 0 rings (SSSR count). The van der Waals surface area contributed by atoms with Crippen molar-refractivity contribution in [1.29, 1.82) is 0 Å². The number of unbranched alkanes of at least 4 members (excludes halogenated alkanes) is 13. The molecule has 0 saturated heterocycles. The summed E-state index contributed by atoms with van der Waals surface area (Å²) < 4.78 is 33.8. The highest BCUT2D eigenvalue weighted by Crippen LogP contribution is 2.43. The summed E-state index contributed by atoms with van der Waals surface area (Å²) in [5, 5.41) is 0. The van der Waals surface area contributed by atoms with E-state index in [1.54, 1.807) is 7.11 Å². The summed E-state index contributed by atoms with van der Waals surface area (Å²) in [5.74, 6) is 0. The zero-order valence-electron chi connectivity index (χ0n) is 22.4. The number of ether oxygens (including phenoxy) is 2. The van der Waals surface area contributed by atoms with Gasteiger partial charge in [-0.1, -0.05) is 90.4 Å². The van der Waals surface area contributed by atoms with E-state index in [4.69, 9.17) is 18.5 Å². The smallest absolute Gasteiger partial charge is 0.382 e. The quantitative estimate of drug-likeness (QED) is 0.0903. The van der Waals surface area contributed by atoms with Gasteiger partial charge in [0.25, 0.3) is 0 Å². The SMILES string of the molecule is CCCCCCCCCCCCCCCCO[C@@H](COC)COP(=O)(O)OCC[N+](C)(C)C. The van der Waals surface area contributed by atoms with Crippen LogP contribution in [0.15, 0.2) is 0 Å². The molecule has 0 aromatic heterocycles. The van der Waals surface area contributed by atoms with E-state index in [1.807, 2.05) is 21.1 Å². The Balaban J connectivity index is 3.68. The van der Waals surface area contributed by atoms with Gasteiger partial charge in [-0.15, -0.1) is 0 Å². The molecular formula is C25H55NO6P+. The van der Waals surface area contributed by atoms with E-state index in [0.717, 1.165) is 12.8 Å². The first-order valence-electron chi connectivity index (χ1n) is 13.2. The molecule has 0 bridgehead atoms. The van der Waals surface area contributed by atoms with E-state index in [9.17, 15) is 9.46 Å². The first-order chi connectivity index (χ1) is 15.7. The molecule has 0 saturated carbocycles. The summed E-state index contributed by atoms with van der Waals surface area (Å²) in [7, 11) is 3.48. The van der Waals surface area contributed by atoms with Gasteiger partial charge in [0.05, 0.1) is 34.4 Å². The molecule has 7 nitrogen and oxygen atoms in total. The number of phosphoric acid groups is 1. The van der Waals surface area contributed by atoms with E-state index < -0.39 is 7.82 Å². The fraction of sp³-hybridized carbons (Fsp3) is 1.00. The van der Waals surface area contributed by atoms with Crippen LogP contribution in [0.3, 0.4) is 0 Å². The summed E-state index contributed by atoms with van der Waals surface area (Å²) in [6.45, 7) is 3.94. The lowest BCUT2D eigenvalue weighted by molar-refractivity contribution is -0.870. The van der Waals surface area contributed by atoms with Crippen LogP contribution < -0.4 is 0 Å². The maximum Gasteiger partial charge on any atom is 0.472 e. The summed E-state index contributed by atoms with van der Waals surface area (Å²) in [4.78, 5) is 9.84. The number of phosphoric ester groups is 1. The van der Waals surface area contributed by atoms with E-state index in [0.29, 0.717) is 24.2 Å². The van der Waals surface area contributed by atoms with Crippen molar-refractivity contribution in [2.24, 2.45) is 0 Å². The lowest BCUT2D eigenvalue weighted by Crippen LogP contribution is -2.37. The molecule has 0 aromatic rings. The van der Waals surface area contributed by atoms with Crippen LogP contribution in [0.1, 0.15) is 96.8 Å². The lowest BCUT2D eigenvalue weighted by atomic mass is 10.0. The second kappa shape index (κ2) is 21.3. The van der Waals surface area contributed by atoms with Crippen molar-refractivity contribution in [3.05, 3.63) is 0 Å². The molecule has 0 aromatic carbocycles. The number of quaternary nitrogens is 1. The minimum absolute atomic E-state index is 0.0232. The number of likely N-dealkylation sites (N-methyl/N-ethyl adjacent to an activating group) is 1. The Labute approximate surface area is 204 Å². The van der Waals surface area contributed by atoms with E-state index in [-0.39, 0.29) is 19.3 Å². The highest BCUT2D eigenvalue weighted by Gasteiger charge is 2.24. The van der Waals surface area contributed by atoms with E-state index in [2.05, 4.69) is 6.92 Å². The van der Waals surface area contributed by atoms with Crippen molar-refractivity contribution in [3.63, 3.8) is 0 Å². The average Bonchev–Trinajstić information content (AvgIpc) is 2.73. The van der Waals surface area contributed by atoms with Gasteiger partial charge in [-0.2, -0.15) is 0 Å². The number of hydrogen-bond acceptors (Lipinski definition) is 5. The van der Waals surface area contributed by atoms with Crippen LogP contribution in [0.4, 0.5) is 0 Å². The fourth-order valence-corrected chi connectivity index (χ4v) is 4.26. The third-order valence-corrected chi connectivity index (χ3v) is 6.63. The van der Waals surface area contributed by atoms with Crippen molar-refractivity contribution < 1.29 is 32.5 Å². The van der Waals surface area contributed by atoms with Crippen LogP contribution in [0.25, 0.3) is 0 Å². The van der Waals surface area contributed by atoms with Gasteiger partial charge in [-0.05, 0) is 6.42 Å². The molecule has 0 aliphatic carbocycles. The monoisotopic (exact) mass is 496 g/mol. The van der Waals surface area contributed by atoms with Crippen LogP contribution in [0.2, 0.25) is 0 Å². The third kappa shape index (κ3) is 24.9. The summed E-state index contributed by atoms with van der Waals surface area (Å²) in [6, 6.07) is 0. The number of hydrogen-bond donors (Lipinski definition) is 1. The molecule has 0 fully saturated rings. The first-order valence-corrected chi connectivity index (χ1v) is 14.7. The highest BCUT2D eigenvalue weighted by atomic mass is 31.2. The Bertz CT molecular complexity index is 472. The third-order valence-electron chi connectivity index (χ3n) is 5.64. The average molecular weight is 497 g/mol. The topological polar surface area (TPSA) is 74.2 Å². The van der Waals surface area contributed by atoms with Gasteiger partial charge < -0.3 is 18.9 Å². The van der Waals surface area contributed by atoms with Gasteiger partial charge in [-0.25, -0.2) is 4.57 Å². The molecule has 0 spiro atoms. The van der Waals surface area contributed by atoms with E-state index >= 15 is 0 Å². The Hall–Kier alpha value is -0.0100. The van der Waals surface area contributed by atoms with Gasteiger partial charge in [-0.3, -0.25) is 9.05 Å². The van der Waals surface area contributed by atoms with Crippen LogP contribution in [-0.2, 0) is 23.1 Å². The molecule has 8 heteroatoms. The molecule has 0 amide bonds. The second-order valence-corrected chi connectivity index (χ2v) is 11.6. The predicted molar refractivity (Wildman–Crippen MR) is 137 cm³/mol. The van der Waals surface area contributed by atoms with Crippen molar-refractivity contribution >= 4 is 7.82 Å². The number of methoxy groups -OCH3 is 1.